The van der Waals surface area contributed by atoms with Gasteiger partial charge in [-0.15, -0.1) is 0 Å². The molecule has 2 fully saturated rings. The summed E-state index contributed by atoms with van der Waals surface area (Å²) in [7, 11) is 3.03. The van der Waals surface area contributed by atoms with E-state index < -0.39 is 5.92 Å². The maximum atomic E-state index is 13.7. The molecule has 0 radical (unpaired) electrons. The van der Waals surface area contributed by atoms with Crippen LogP contribution in [-0.2, 0) is 27.2 Å². The lowest BCUT2D eigenvalue weighted by Crippen LogP contribution is -2.54. The average molecular weight is 744 g/mol. The van der Waals surface area contributed by atoms with E-state index in [4.69, 9.17) is 21.1 Å². The zero-order valence-corrected chi connectivity index (χ0v) is 31.9. The summed E-state index contributed by atoms with van der Waals surface area (Å²) in [6.07, 6.45) is 4.32. The third-order valence-electron chi connectivity index (χ3n) is 9.81. The zero-order valence-electron chi connectivity index (χ0n) is 31.1. The zero-order chi connectivity index (χ0) is 38.1. The molecule has 12 heteroatoms. The van der Waals surface area contributed by atoms with Gasteiger partial charge >= 0.3 is 0 Å². The summed E-state index contributed by atoms with van der Waals surface area (Å²) in [5.41, 5.74) is 3.48. The highest BCUT2D eigenvalue weighted by Crippen LogP contribution is 2.37. The Morgan fingerprint density at radius 2 is 1.70 bits per heavy atom. The van der Waals surface area contributed by atoms with Crippen LogP contribution in [0.1, 0.15) is 48.7 Å². The predicted octanol–water partition coefficient (Wildman–Crippen LogP) is 5.51. The molecule has 53 heavy (non-hydrogen) atoms. The monoisotopic (exact) mass is 743 g/mol. The van der Waals surface area contributed by atoms with E-state index >= 15 is 0 Å². The van der Waals surface area contributed by atoms with Crippen molar-refractivity contribution in [2.75, 3.05) is 46.9 Å². The second-order valence-electron chi connectivity index (χ2n) is 13.9. The van der Waals surface area contributed by atoms with Gasteiger partial charge in [0.1, 0.15) is 0 Å². The van der Waals surface area contributed by atoms with Crippen LogP contribution < -0.4 is 20.1 Å². The van der Waals surface area contributed by atoms with Crippen molar-refractivity contribution in [3.8, 4) is 11.5 Å². The van der Waals surface area contributed by atoms with Gasteiger partial charge in [-0.3, -0.25) is 19.2 Å². The number of fused-ring (bicyclic) bond motifs is 2. The van der Waals surface area contributed by atoms with E-state index in [0.29, 0.717) is 41.7 Å². The molecule has 2 aliphatic heterocycles. The van der Waals surface area contributed by atoms with E-state index in [9.17, 15) is 19.2 Å². The summed E-state index contributed by atoms with van der Waals surface area (Å²) >= 11 is 6.32. The van der Waals surface area contributed by atoms with Gasteiger partial charge in [0.25, 0.3) is 5.91 Å². The molecule has 11 nitrogen and oxygen atoms in total. The third kappa shape index (κ3) is 9.70. The van der Waals surface area contributed by atoms with Crippen LogP contribution >= 0.6 is 11.6 Å². The molecule has 0 spiro atoms. The summed E-state index contributed by atoms with van der Waals surface area (Å²) in [6, 6.07) is 21.2. The lowest BCUT2D eigenvalue weighted by atomic mass is 9.79. The van der Waals surface area contributed by atoms with Crippen molar-refractivity contribution < 1.29 is 28.7 Å². The molecule has 3 heterocycles. The van der Waals surface area contributed by atoms with Crippen LogP contribution in [0.15, 0.2) is 72.9 Å². The molecule has 1 aromatic heterocycles. The van der Waals surface area contributed by atoms with E-state index in [1.807, 2.05) is 26.0 Å². The van der Waals surface area contributed by atoms with Gasteiger partial charge in [0.2, 0.25) is 17.7 Å². The van der Waals surface area contributed by atoms with Crippen molar-refractivity contribution in [1.82, 2.24) is 25.4 Å². The van der Waals surface area contributed by atoms with Crippen molar-refractivity contribution in [2.45, 2.75) is 46.1 Å². The first-order valence-corrected chi connectivity index (χ1v) is 18.6. The lowest BCUT2D eigenvalue weighted by molar-refractivity contribution is -0.139. The molecule has 4 aromatic rings. The largest absolute Gasteiger partial charge is 0.493 e. The van der Waals surface area contributed by atoms with Gasteiger partial charge in [0.15, 0.2) is 11.5 Å². The number of rotatable bonds is 11. The molecule has 4 amide bonds. The number of aromatic nitrogens is 1. The molecule has 6 rings (SSSR count). The summed E-state index contributed by atoms with van der Waals surface area (Å²) in [6.45, 7) is 7.22. The van der Waals surface area contributed by atoms with Gasteiger partial charge in [-0.1, -0.05) is 67.4 Å². The van der Waals surface area contributed by atoms with Crippen molar-refractivity contribution in [1.29, 1.82) is 0 Å². The lowest BCUT2D eigenvalue weighted by Gasteiger charge is -2.39. The molecule has 0 saturated carbocycles. The first-order valence-electron chi connectivity index (χ1n) is 18.2. The summed E-state index contributed by atoms with van der Waals surface area (Å²) in [4.78, 5) is 59.2. The molecule has 2 saturated heterocycles. The van der Waals surface area contributed by atoms with Gasteiger partial charge in [-0.05, 0) is 67.5 Å². The van der Waals surface area contributed by atoms with Crippen molar-refractivity contribution in [3.63, 3.8) is 0 Å². The number of carbonyl (C=O) groups is 4. The summed E-state index contributed by atoms with van der Waals surface area (Å²) in [5.74, 6) is -0.814. The molecule has 3 unspecified atom stereocenters. The summed E-state index contributed by atoms with van der Waals surface area (Å²) in [5, 5.41) is 6.67. The average Bonchev–Trinajstić information content (AvgIpc) is 3.79. The number of nitrogens with one attached hydrogen (secondary N) is 3. The highest BCUT2D eigenvalue weighted by Gasteiger charge is 2.48. The first-order chi connectivity index (χ1) is 25.5. The Balaban J connectivity index is 0.000000526. The van der Waals surface area contributed by atoms with Crippen molar-refractivity contribution >= 4 is 46.1 Å². The SMILES string of the molecule is CCCc1ccccc1.CNC(=O)CNC(=O)C1CN(C(=O)Cc2c[nH]c3c(Cl)cccc23)CC2CN(C(=O)c3ccc(OC(C)C)c(OC)c3)CC21. The Labute approximate surface area is 316 Å². The quantitative estimate of drug-likeness (QED) is 0.186. The molecular formula is C41H50ClN5O6. The number of halogens is 1. The van der Waals surface area contributed by atoms with Crippen LogP contribution in [0.25, 0.3) is 10.9 Å². The molecule has 3 aromatic carbocycles. The van der Waals surface area contributed by atoms with E-state index in [2.05, 4.69) is 52.9 Å². The molecular weight excluding hydrogens is 694 g/mol. The minimum Gasteiger partial charge on any atom is -0.493 e. The highest BCUT2D eigenvalue weighted by atomic mass is 35.5. The van der Waals surface area contributed by atoms with Crippen LogP contribution in [0.4, 0.5) is 0 Å². The second-order valence-corrected chi connectivity index (χ2v) is 14.3. The maximum absolute atomic E-state index is 13.7. The number of carbonyl (C=O) groups excluding carboxylic acids is 4. The van der Waals surface area contributed by atoms with Gasteiger partial charge in [-0.25, -0.2) is 0 Å². The smallest absolute Gasteiger partial charge is 0.254 e. The molecule has 2 aliphatic rings. The number of amides is 4. The highest BCUT2D eigenvalue weighted by molar-refractivity contribution is 6.35. The first kappa shape index (κ1) is 39.2. The third-order valence-corrected chi connectivity index (χ3v) is 10.1. The number of piperidine rings is 1. The Bertz CT molecular complexity index is 1900. The molecule has 282 valence electrons. The maximum Gasteiger partial charge on any atom is 0.254 e. The van der Waals surface area contributed by atoms with E-state index in [1.54, 1.807) is 40.3 Å². The summed E-state index contributed by atoms with van der Waals surface area (Å²) < 4.78 is 11.3. The van der Waals surface area contributed by atoms with E-state index in [-0.39, 0.29) is 61.1 Å². The Hall–Kier alpha value is -5.03. The van der Waals surface area contributed by atoms with Crippen LogP contribution in [0.3, 0.4) is 0 Å². The molecule has 0 bridgehead atoms. The number of likely N-dealkylation sites (N-methyl/N-ethyl adjacent to an activating group) is 1. The fraction of sp³-hybridized carbons (Fsp3) is 0.415. The number of methoxy groups -OCH3 is 1. The minimum absolute atomic E-state index is 0.0573. The standard InChI is InChI=1S/C32H38ClN5O6.C9H12/c1-18(2)44-26-9-8-19(10-27(26)43-4)32(42)38-15-21-14-37(17-24(23(21)16-38)31(41)36-13-28(39)34-3)29(40)11-20-12-35-30-22(20)6-5-7-25(30)33;1-2-6-9-7-4-3-5-8-9/h5-10,12,18,21,23-24,35H,11,13-17H2,1-4H3,(H,34,39)(H,36,41);3-5,7-8H,2,6H2,1H3. The fourth-order valence-electron chi connectivity index (χ4n) is 7.17. The van der Waals surface area contributed by atoms with Gasteiger partial charge in [0.05, 0.1) is 42.6 Å². The molecule has 0 aliphatic carbocycles. The van der Waals surface area contributed by atoms with E-state index in [1.165, 1.54) is 32.6 Å². The Morgan fingerprint density at radius 1 is 0.943 bits per heavy atom. The van der Waals surface area contributed by atoms with Crippen molar-refractivity contribution in [3.05, 3.63) is 94.6 Å². The number of benzene rings is 3. The normalized spacial score (nSPS) is 17.8. The van der Waals surface area contributed by atoms with Gasteiger partial charge < -0.3 is 34.9 Å². The fourth-order valence-corrected chi connectivity index (χ4v) is 7.40. The van der Waals surface area contributed by atoms with Crippen LogP contribution in [0.2, 0.25) is 5.02 Å². The van der Waals surface area contributed by atoms with Crippen LogP contribution in [0.5, 0.6) is 11.5 Å². The number of hydrogen-bond donors (Lipinski definition) is 3. The van der Waals surface area contributed by atoms with E-state index in [0.717, 1.165) is 16.5 Å². The Kier molecular flexibility index (Phi) is 13.4. The number of likely N-dealkylation sites (tertiary alicyclic amines) is 2. The number of ether oxygens (including phenoxy) is 2. The van der Waals surface area contributed by atoms with Crippen LogP contribution in [0, 0.1) is 17.8 Å². The van der Waals surface area contributed by atoms with Gasteiger partial charge in [0, 0.05) is 50.4 Å². The number of aryl methyl sites for hydroxylation is 1. The molecule has 3 atom stereocenters. The second kappa shape index (κ2) is 18.1. The molecule has 3 N–H and O–H groups in total. The number of hydrogen-bond acceptors (Lipinski definition) is 6. The predicted molar refractivity (Wildman–Crippen MR) is 206 cm³/mol. The Morgan fingerprint density at radius 3 is 2.40 bits per heavy atom. The topological polar surface area (TPSA) is 133 Å². The van der Waals surface area contributed by atoms with Gasteiger partial charge in [-0.2, -0.15) is 0 Å². The number of H-pyrrole nitrogens is 1. The number of nitrogens with zero attached hydrogens (tertiary/aromatic N) is 2. The number of aromatic amines is 1. The van der Waals surface area contributed by atoms with Crippen molar-refractivity contribution in [2.24, 2.45) is 17.8 Å². The minimum atomic E-state index is -0.589. The number of para-hydroxylation sites is 1. The van der Waals surface area contributed by atoms with Crippen LogP contribution in [-0.4, -0.2) is 91.4 Å².